The number of hydrogen-bond donors (Lipinski definition) is 4. The van der Waals surface area contributed by atoms with E-state index < -0.39 is 0 Å². The average molecular weight is 331 g/mol. The Hall–Kier alpha value is -2.37. The topological polar surface area (TPSA) is 84.8 Å². The van der Waals surface area contributed by atoms with Crippen molar-refractivity contribution < 1.29 is 15.0 Å². The van der Waals surface area contributed by atoms with E-state index in [-0.39, 0.29) is 35.4 Å². The standard InChI is InChI=1S/C18H25N3O3/c1-5-21-8-13-16(10(21)4)17(20-18(24)19-13)12-6-11(9(2)3)14(22)7-15(12)23/h7,9,12,17,22-23H,4-6,8H2,1-3H3,(H2,19,20,24). The largest absolute Gasteiger partial charge is 0.512 e. The van der Waals surface area contributed by atoms with E-state index in [1.54, 1.807) is 0 Å². The van der Waals surface area contributed by atoms with E-state index >= 15 is 0 Å². The van der Waals surface area contributed by atoms with Crippen LogP contribution in [-0.4, -0.2) is 40.3 Å². The van der Waals surface area contributed by atoms with Crippen LogP contribution < -0.4 is 10.6 Å². The summed E-state index contributed by atoms with van der Waals surface area (Å²) in [6.45, 7) is 11.7. The van der Waals surface area contributed by atoms with E-state index in [2.05, 4.69) is 22.1 Å². The molecule has 0 spiro atoms. The van der Waals surface area contributed by atoms with Gasteiger partial charge >= 0.3 is 6.03 Å². The Kier molecular flexibility index (Phi) is 4.07. The molecule has 0 radical (unpaired) electrons. The summed E-state index contributed by atoms with van der Waals surface area (Å²) in [7, 11) is 0. The summed E-state index contributed by atoms with van der Waals surface area (Å²) in [5, 5.41) is 26.3. The van der Waals surface area contributed by atoms with Gasteiger partial charge in [-0.1, -0.05) is 20.4 Å². The van der Waals surface area contributed by atoms with Crippen LogP contribution in [0.5, 0.6) is 0 Å². The molecule has 1 aliphatic carbocycles. The van der Waals surface area contributed by atoms with Crippen molar-refractivity contribution in [2.45, 2.75) is 33.2 Å². The van der Waals surface area contributed by atoms with Crippen LogP contribution >= 0.6 is 0 Å². The third-order valence-corrected chi connectivity index (χ3v) is 5.14. The first kappa shape index (κ1) is 16.5. The molecule has 2 heterocycles. The summed E-state index contributed by atoms with van der Waals surface area (Å²) in [6.07, 6.45) is 1.92. The van der Waals surface area contributed by atoms with Crippen molar-refractivity contribution in [1.82, 2.24) is 15.5 Å². The summed E-state index contributed by atoms with van der Waals surface area (Å²) < 4.78 is 0. The Morgan fingerprint density at radius 2 is 2.12 bits per heavy atom. The number of likely N-dealkylation sites (N-methyl/N-ethyl adjacent to an activating group) is 1. The number of aliphatic hydroxyl groups excluding tert-OH is 2. The second kappa shape index (κ2) is 5.92. The molecule has 130 valence electrons. The van der Waals surface area contributed by atoms with Gasteiger partial charge in [-0.25, -0.2) is 4.79 Å². The van der Waals surface area contributed by atoms with Crippen molar-refractivity contribution in [2.24, 2.45) is 11.8 Å². The number of rotatable bonds is 3. The number of nitrogens with one attached hydrogen (secondary N) is 2. The molecule has 0 aromatic heterocycles. The fourth-order valence-electron chi connectivity index (χ4n) is 3.79. The molecule has 3 aliphatic rings. The Balaban J connectivity index is 1.97. The quantitative estimate of drug-likeness (QED) is 0.641. The summed E-state index contributed by atoms with van der Waals surface area (Å²) in [4.78, 5) is 14.2. The van der Waals surface area contributed by atoms with Crippen LogP contribution in [0.2, 0.25) is 0 Å². The zero-order valence-corrected chi connectivity index (χ0v) is 14.4. The molecule has 2 atom stereocenters. The maximum atomic E-state index is 12.1. The molecular weight excluding hydrogens is 306 g/mol. The van der Waals surface area contributed by atoms with E-state index in [1.807, 2.05) is 20.8 Å². The van der Waals surface area contributed by atoms with Gasteiger partial charge in [0, 0.05) is 35.5 Å². The number of nitrogens with zero attached hydrogens (tertiary/aromatic N) is 1. The molecule has 4 N–H and O–H groups in total. The fraction of sp³-hybridized carbons (Fsp3) is 0.500. The average Bonchev–Trinajstić information content (AvgIpc) is 2.82. The molecule has 0 fully saturated rings. The molecule has 6 nitrogen and oxygen atoms in total. The van der Waals surface area contributed by atoms with Gasteiger partial charge in [-0.05, 0) is 24.8 Å². The number of amides is 2. The summed E-state index contributed by atoms with van der Waals surface area (Å²) in [5.74, 6) is 0.0943. The lowest BCUT2D eigenvalue weighted by Gasteiger charge is -2.35. The van der Waals surface area contributed by atoms with Crippen LogP contribution in [0.3, 0.4) is 0 Å². The Labute approximate surface area is 142 Å². The Morgan fingerprint density at radius 3 is 2.75 bits per heavy atom. The molecule has 0 saturated heterocycles. The lowest BCUT2D eigenvalue weighted by atomic mass is 9.78. The highest BCUT2D eigenvalue weighted by atomic mass is 16.3. The molecular formula is C18H25N3O3. The maximum absolute atomic E-state index is 12.1. The molecule has 0 bridgehead atoms. The van der Waals surface area contributed by atoms with Gasteiger partial charge in [-0.2, -0.15) is 0 Å². The third kappa shape index (κ3) is 2.56. The van der Waals surface area contributed by atoms with Crippen molar-refractivity contribution in [2.75, 3.05) is 13.1 Å². The monoisotopic (exact) mass is 331 g/mol. The van der Waals surface area contributed by atoms with Gasteiger partial charge in [-0.15, -0.1) is 0 Å². The highest BCUT2D eigenvalue weighted by molar-refractivity contribution is 5.80. The summed E-state index contributed by atoms with van der Waals surface area (Å²) in [5.41, 5.74) is 3.57. The van der Waals surface area contributed by atoms with Crippen LogP contribution in [0.4, 0.5) is 4.79 Å². The summed E-state index contributed by atoms with van der Waals surface area (Å²) in [6, 6.07) is -0.613. The van der Waals surface area contributed by atoms with Gasteiger partial charge in [0.15, 0.2) is 0 Å². The van der Waals surface area contributed by atoms with Gasteiger partial charge in [0.05, 0.1) is 12.6 Å². The molecule has 2 amide bonds. The predicted molar refractivity (Wildman–Crippen MR) is 92.2 cm³/mol. The SMILES string of the molecule is C=C1C2=C(CN1CC)NC(=O)NC2C1CC(C(C)C)=C(O)C=C1O. The molecule has 2 aliphatic heterocycles. The predicted octanol–water partition coefficient (Wildman–Crippen LogP) is 2.70. The highest BCUT2D eigenvalue weighted by Gasteiger charge is 2.42. The van der Waals surface area contributed by atoms with E-state index in [1.165, 1.54) is 6.08 Å². The Morgan fingerprint density at radius 1 is 1.42 bits per heavy atom. The van der Waals surface area contributed by atoms with E-state index in [0.29, 0.717) is 13.0 Å². The van der Waals surface area contributed by atoms with Gasteiger partial charge in [0.1, 0.15) is 11.5 Å². The number of hydrogen-bond acceptors (Lipinski definition) is 4. The molecule has 2 unspecified atom stereocenters. The lowest BCUT2D eigenvalue weighted by Crippen LogP contribution is -2.52. The lowest BCUT2D eigenvalue weighted by molar-refractivity contribution is 0.226. The number of allylic oxidation sites excluding steroid dienone is 2. The first-order valence-corrected chi connectivity index (χ1v) is 8.40. The minimum absolute atomic E-state index is 0.0960. The van der Waals surface area contributed by atoms with Crippen molar-refractivity contribution in [3.8, 4) is 0 Å². The second-order valence-corrected chi connectivity index (χ2v) is 6.87. The van der Waals surface area contributed by atoms with Crippen LogP contribution in [0.15, 0.2) is 46.7 Å². The Bertz CT molecular complexity index is 688. The smallest absolute Gasteiger partial charge is 0.319 e. The van der Waals surface area contributed by atoms with Gasteiger partial charge in [0.25, 0.3) is 0 Å². The zero-order valence-electron chi connectivity index (χ0n) is 14.4. The number of carbonyl (C=O) groups excluding carboxylic acids is 1. The number of carbonyl (C=O) groups is 1. The highest BCUT2D eigenvalue weighted by Crippen LogP contribution is 2.40. The first-order valence-electron chi connectivity index (χ1n) is 8.40. The molecule has 24 heavy (non-hydrogen) atoms. The van der Waals surface area contributed by atoms with Gasteiger partial charge in [-0.3, -0.25) is 0 Å². The zero-order chi connectivity index (χ0) is 17.6. The minimum atomic E-state index is -0.351. The third-order valence-electron chi connectivity index (χ3n) is 5.14. The van der Waals surface area contributed by atoms with Gasteiger partial charge in [0.2, 0.25) is 0 Å². The molecule has 3 rings (SSSR count). The summed E-state index contributed by atoms with van der Waals surface area (Å²) >= 11 is 0. The van der Waals surface area contributed by atoms with Gasteiger partial charge < -0.3 is 25.7 Å². The van der Waals surface area contributed by atoms with Crippen LogP contribution in [0.25, 0.3) is 0 Å². The first-order chi connectivity index (χ1) is 11.3. The maximum Gasteiger partial charge on any atom is 0.319 e. The van der Waals surface area contributed by atoms with Crippen molar-refractivity contribution in [1.29, 1.82) is 0 Å². The normalized spacial score (nSPS) is 27.3. The molecule has 0 aromatic rings. The van der Waals surface area contributed by atoms with Crippen LogP contribution in [0, 0.1) is 11.8 Å². The minimum Gasteiger partial charge on any atom is -0.512 e. The fourth-order valence-corrected chi connectivity index (χ4v) is 3.79. The molecule has 0 saturated carbocycles. The molecule has 0 aromatic carbocycles. The van der Waals surface area contributed by atoms with Crippen LogP contribution in [-0.2, 0) is 0 Å². The van der Waals surface area contributed by atoms with E-state index in [4.69, 9.17) is 0 Å². The second-order valence-electron chi connectivity index (χ2n) is 6.87. The van der Waals surface area contributed by atoms with Crippen molar-refractivity contribution in [3.05, 3.63) is 46.7 Å². The number of aliphatic hydroxyl groups is 2. The van der Waals surface area contributed by atoms with E-state index in [0.717, 1.165) is 29.1 Å². The van der Waals surface area contributed by atoms with Crippen molar-refractivity contribution >= 4 is 6.03 Å². The van der Waals surface area contributed by atoms with Crippen molar-refractivity contribution in [3.63, 3.8) is 0 Å². The number of urea groups is 1. The van der Waals surface area contributed by atoms with E-state index in [9.17, 15) is 15.0 Å². The molecule has 6 heteroatoms. The van der Waals surface area contributed by atoms with Crippen LogP contribution in [0.1, 0.15) is 27.2 Å².